The van der Waals surface area contributed by atoms with Crippen LogP contribution in [-0.4, -0.2) is 17.5 Å². The number of hydrogen-bond donors (Lipinski definition) is 2. The summed E-state index contributed by atoms with van der Waals surface area (Å²) in [6.45, 7) is 1.37. The lowest BCUT2D eigenvalue weighted by Gasteiger charge is -2.23. The molecule has 2 N–H and O–H groups in total. The van der Waals surface area contributed by atoms with Crippen LogP contribution in [0.2, 0.25) is 0 Å². The average molecular weight is 370 g/mol. The maximum absolute atomic E-state index is 13.6. The molecule has 0 aliphatic heterocycles. The fourth-order valence-corrected chi connectivity index (χ4v) is 3.56. The van der Waals surface area contributed by atoms with Crippen molar-refractivity contribution in [1.29, 1.82) is 0 Å². The van der Waals surface area contributed by atoms with E-state index < -0.39 is 0 Å². The first-order chi connectivity index (χ1) is 13.0. The number of halogens is 1. The standard InChI is InChI=1S/C20H19FN2O4/c1-11-7-17(24)18(9-26-11)27-10-19(25)22-16-4-2-3-13-14-8-12(21)5-6-15(14)23-20(13)16/h5-9,16,23H,2-4,10H2,1H3,(H,22,25)/t16-/m1/s1. The molecule has 2 heterocycles. The molecule has 1 aliphatic rings. The van der Waals surface area contributed by atoms with Gasteiger partial charge in [0.15, 0.2) is 6.61 Å². The smallest absolute Gasteiger partial charge is 0.258 e. The zero-order valence-electron chi connectivity index (χ0n) is 14.8. The quantitative estimate of drug-likeness (QED) is 0.739. The van der Waals surface area contributed by atoms with Crippen molar-refractivity contribution in [3.05, 3.63) is 63.6 Å². The van der Waals surface area contributed by atoms with Gasteiger partial charge in [0, 0.05) is 22.7 Å². The van der Waals surface area contributed by atoms with Crippen molar-refractivity contribution in [3.8, 4) is 5.75 Å². The van der Waals surface area contributed by atoms with Gasteiger partial charge in [-0.1, -0.05) is 0 Å². The van der Waals surface area contributed by atoms with E-state index in [1.54, 1.807) is 13.0 Å². The molecule has 6 nitrogen and oxygen atoms in total. The van der Waals surface area contributed by atoms with Crippen LogP contribution in [-0.2, 0) is 11.2 Å². The molecule has 0 bridgehead atoms. The number of H-pyrrole nitrogens is 1. The molecule has 2 aromatic heterocycles. The summed E-state index contributed by atoms with van der Waals surface area (Å²) >= 11 is 0. The Balaban J connectivity index is 1.48. The van der Waals surface area contributed by atoms with Gasteiger partial charge in [0.25, 0.3) is 5.91 Å². The van der Waals surface area contributed by atoms with Crippen molar-refractivity contribution >= 4 is 16.8 Å². The van der Waals surface area contributed by atoms with Gasteiger partial charge in [0.1, 0.15) is 17.8 Å². The summed E-state index contributed by atoms with van der Waals surface area (Å²) in [5.41, 5.74) is 2.48. The van der Waals surface area contributed by atoms with E-state index in [1.807, 2.05) is 0 Å². The van der Waals surface area contributed by atoms with Gasteiger partial charge in [-0.05, 0) is 49.9 Å². The minimum Gasteiger partial charge on any atom is -0.477 e. The van der Waals surface area contributed by atoms with Crippen LogP contribution in [0.4, 0.5) is 4.39 Å². The fraction of sp³-hybridized carbons (Fsp3) is 0.300. The summed E-state index contributed by atoms with van der Waals surface area (Å²) in [6.07, 6.45) is 3.71. The number of benzene rings is 1. The van der Waals surface area contributed by atoms with Gasteiger partial charge in [0.05, 0.1) is 6.04 Å². The number of hydrogen-bond acceptors (Lipinski definition) is 4. The van der Waals surface area contributed by atoms with Crippen molar-refractivity contribution in [1.82, 2.24) is 10.3 Å². The van der Waals surface area contributed by atoms with Crippen LogP contribution in [0.25, 0.3) is 10.9 Å². The van der Waals surface area contributed by atoms with Crippen LogP contribution in [0.1, 0.15) is 35.9 Å². The third kappa shape index (κ3) is 3.45. The number of aryl methyl sites for hydroxylation is 2. The summed E-state index contributed by atoms with van der Waals surface area (Å²) in [4.78, 5) is 27.4. The first kappa shape index (κ1) is 17.3. The molecule has 1 aliphatic carbocycles. The highest BCUT2D eigenvalue weighted by molar-refractivity contribution is 5.86. The Morgan fingerprint density at radius 3 is 3.07 bits per heavy atom. The van der Waals surface area contributed by atoms with E-state index in [0.29, 0.717) is 5.76 Å². The predicted molar refractivity (Wildman–Crippen MR) is 97.3 cm³/mol. The highest BCUT2D eigenvalue weighted by Crippen LogP contribution is 2.34. The number of rotatable bonds is 4. The maximum atomic E-state index is 13.6. The zero-order valence-corrected chi connectivity index (χ0v) is 14.8. The second-order valence-electron chi connectivity index (χ2n) is 6.73. The van der Waals surface area contributed by atoms with Crippen molar-refractivity contribution < 1.29 is 18.3 Å². The van der Waals surface area contributed by atoms with E-state index in [1.165, 1.54) is 24.5 Å². The zero-order chi connectivity index (χ0) is 19.0. The number of fused-ring (bicyclic) bond motifs is 3. The van der Waals surface area contributed by atoms with Crippen molar-refractivity contribution in [2.75, 3.05) is 6.61 Å². The topological polar surface area (TPSA) is 84.3 Å². The summed E-state index contributed by atoms with van der Waals surface area (Å²) in [5, 5.41) is 3.79. The molecule has 1 amide bonds. The van der Waals surface area contributed by atoms with Gasteiger partial charge >= 0.3 is 0 Å². The molecular formula is C20H19FN2O4. The van der Waals surface area contributed by atoms with Crippen LogP contribution in [0, 0.1) is 12.7 Å². The van der Waals surface area contributed by atoms with Gasteiger partial charge in [-0.3, -0.25) is 9.59 Å². The molecule has 0 saturated heterocycles. The Kier molecular flexibility index (Phi) is 4.43. The van der Waals surface area contributed by atoms with Crippen molar-refractivity contribution in [2.45, 2.75) is 32.2 Å². The molecule has 1 aromatic carbocycles. The second kappa shape index (κ2) is 6.90. The monoisotopic (exact) mass is 370 g/mol. The maximum Gasteiger partial charge on any atom is 0.258 e. The molecule has 0 fully saturated rings. The number of nitrogens with one attached hydrogen (secondary N) is 2. The van der Waals surface area contributed by atoms with E-state index in [0.717, 1.165) is 41.4 Å². The van der Waals surface area contributed by atoms with E-state index >= 15 is 0 Å². The molecule has 0 radical (unpaired) electrons. The Labute approximate surface area is 154 Å². The molecule has 0 saturated carbocycles. The highest BCUT2D eigenvalue weighted by Gasteiger charge is 2.26. The van der Waals surface area contributed by atoms with Crippen LogP contribution in [0.3, 0.4) is 0 Å². The molecule has 140 valence electrons. The molecule has 7 heteroatoms. The number of ether oxygens (including phenoxy) is 1. The summed E-state index contributed by atoms with van der Waals surface area (Å²) in [6, 6.07) is 5.76. The van der Waals surface area contributed by atoms with Gasteiger partial charge in [-0.15, -0.1) is 0 Å². The van der Waals surface area contributed by atoms with Gasteiger partial charge in [-0.25, -0.2) is 4.39 Å². The largest absolute Gasteiger partial charge is 0.477 e. The van der Waals surface area contributed by atoms with E-state index in [2.05, 4.69) is 10.3 Å². The second-order valence-corrected chi connectivity index (χ2v) is 6.73. The molecule has 4 rings (SSSR count). The van der Waals surface area contributed by atoms with Crippen molar-refractivity contribution in [3.63, 3.8) is 0 Å². The number of aromatic amines is 1. The minimum absolute atomic E-state index is 0.00108. The van der Waals surface area contributed by atoms with Crippen LogP contribution in [0.15, 0.2) is 39.7 Å². The molecule has 0 unspecified atom stereocenters. The number of amides is 1. The number of carbonyl (C=O) groups is 1. The minimum atomic E-state index is -0.335. The fourth-order valence-electron chi connectivity index (χ4n) is 3.56. The number of aromatic nitrogens is 1. The highest BCUT2D eigenvalue weighted by atomic mass is 19.1. The first-order valence-electron chi connectivity index (χ1n) is 8.83. The summed E-state index contributed by atoms with van der Waals surface area (Å²) in [7, 11) is 0. The number of carbonyl (C=O) groups excluding carboxylic acids is 1. The average Bonchev–Trinajstić information content (AvgIpc) is 3.00. The Bertz CT molecular complexity index is 1070. The normalized spacial score (nSPS) is 16.1. The van der Waals surface area contributed by atoms with Crippen LogP contribution >= 0.6 is 0 Å². The van der Waals surface area contributed by atoms with Crippen molar-refractivity contribution in [2.24, 2.45) is 0 Å². The lowest BCUT2D eigenvalue weighted by molar-refractivity contribution is -0.124. The van der Waals surface area contributed by atoms with Crippen LogP contribution < -0.4 is 15.5 Å². The van der Waals surface area contributed by atoms with E-state index in [4.69, 9.17) is 9.15 Å². The molecule has 1 atom stereocenters. The summed E-state index contributed by atoms with van der Waals surface area (Å²) in [5.74, 6) is -0.138. The Hall–Kier alpha value is -3.09. The lowest BCUT2D eigenvalue weighted by Crippen LogP contribution is -2.34. The Morgan fingerprint density at radius 1 is 1.41 bits per heavy atom. The summed E-state index contributed by atoms with van der Waals surface area (Å²) < 4.78 is 24.0. The van der Waals surface area contributed by atoms with Gasteiger partial charge in [-0.2, -0.15) is 0 Å². The van der Waals surface area contributed by atoms with Crippen LogP contribution in [0.5, 0.6) is 5.75 Å². The van der Waals surface area contributed by atoms with Gasteiger partial charge < -0.3 is 19.5 Å². The van der Waals surface area contributed by atoms with Gasteiger partial charge in [0.2, 0.25) is 11.2 Å². The molecule has 27 heavy (non-hydrogen) atoms. The third-order valence-electron chi connectivity index (χ3n) is 4.79. The molecule has 0 spiro atoms. The predicted octanol–water partition coefficient (Wildman–Crippen LogP) is 3.14. The lowest BCUT2D eigenvalue weighted by atomic mass is 9.91. The Morgan fingerprint density at radius 2 is 2.26 bits per heavy atom. The third-order valence-corrected chi connectivity index (χ3v) is 4.79. The van der Waals surface area contributed by atoms with E-state index in [9.17, 15) is 14.0 Å². The molecular weight excluding hydrogens is 351 g/mol. The molecule has 3 aromatic rings. The SMILES string of the molecule is Cc1cc(=O)c(OCC(=O)N[C@@H]2CCCc3c2[nH]c2ccc(F)cc32)co1. The first-order valence-corrected chi connectivity index (χ1v) is 8.83. The van der Waals surface area contributed by atoms with E-state index in [-0.39, 0.29) is 35.6 Å².